The second-order valence-corrected chi connectivity index (χ2v) is 10.3. The van der Waals surface area contributed by atoms with Gasteiger partial charge in [-0.2, -0.15) is 11.8 Å². The number of benzene rings is 2. The van der Waals surface area contributed by atoms with Crippen LogP contribution in [0.3, 0.4) is 0 Å². The molecule has 2 heterocycles. The molecular weight excluding hydrogens is 520 g/mol. The minimum Gasteiger partial charge on any atom is -0.481 e. The molecule has 0 saturated carbocycles. The van der Waals surface area contributed by atoms with Crippen molar-refractivity contribution in [3.8, 4) is 0 Å². The Morgan fingerprint density at radius 3 is 2.54 bits per heavy atom. The van der Waals surface area contributed by atoms with Gasteiger partial charge in [0.25, 0.3) is 0 Å². The number of carbonyl (C=O) groups excluding carboxylic acids is 2. The fourth-order valence-electron chi connectivity index (χ4n) is 4.30. The van der Waals surface area contributed by atoms with Gasteiger partial charge >= 0.3 is 11.6 Å². The van der Waals surface area contributed by atoms with Gasteiger partial charge in [-0.25, -0.2) is 4.79 Å². The van der Waals surface area contributed by atoms with E-state index in [1.165, 1.54) is 11.8 Å². The Labute approximate surface area is 228 Å². The number of fused-ring (bicyclic) bond motifs is 2. The molecule has 2 aromatic carbocycles. The molecule has 9 nitrogen and oxygen atoms in total. The summed E-state index contributed by atoms with van der Waals surface area (Å²) in [5, 5.41) is 15.9. The van der Waals surface area contributed by atoms with Crippen molar-refractivity contribution in [2.75, 3.05) is 12.3 Å². The van der Waals surface area contributed by atoms with Gasteiger partial charge in [0.15, 0.2) is 0 Å². The number of carbonyl (C=O) groups is 3. The highest BCUT2D eigenvalue weighted by Crippen LogP contribution is 2.29. The molecule has 0 unspecified atom stereocenters. The van der Waals surface area contributed by atoms with Gasteiger partial charge in [-0.1, -0.05) is 30.3 Å². The van der Waals surface area contributed by atoms with Gasteiger partial charge in [-0.05, 0) is 43.0 Å². The predicted molar refractivity (Wildman–Crippen MR) is 150 cm³/mol. The number of furan rings is 1. The van der Waals surface area contributed by atoms with Crippen LogP contribution in [-0.4, -0.2) is 41.2 Å². The Morgan fingerprint density at radius 1 is 1.03 bits per heavy atom. The summed E-state index contributed by atoms with van der Waals surface area (Å²) >= 11 is 1.48. The zero-order valence-electron chi connectivity index (χ0n) is 21.7. The van der Waals surface area contributed by atoms with Gasteiger partial charge < -0.3 is 24.6 Å². The van der Waals surface area contributed by atoms with Crippen LogP contribution in [0.2, 0.25) is 0 Å². The smallest absolute Gasteiger partial charge is 0.339 e. The van der Waals surface area contributed by atoms with Gasteiger partial charge in [0.2, 0.25) is 11.8 Å². The molecular formula is C29H30N2O7S. The first kappa shape index (κ1) is 28.0. The summed E-state index contributed by atoms with van der Waals surface area (Å²) in [5.74, 6) is -0.921. The number of amides is 2. The van der Waals surface area contributed by atoms with Gasteiger partial charge in [-0.15, -0.1) is 0 Å². The average Bonchev–Trinajstić information content (AvgIpc) is 3.26. The number of hydrogen-bond donors (Lipinski definition) is 3. The third kappa shape index (κ3) is 7.08. The second kappa shape index (κ2) is 12.7. The molecule has 0 radical (unpaired) electrons. The molecule has 204 valence electrons. The van der Waals surface area contributed by atoms with Crippen molar-refractivity contribution >= 4 is 51.5 Å². The summed E-state index contributed by atoms with van der Waals surface area (Å²) in [6, 6.07) is 12.5. The summed E-state index contributed by atoms with van der Waals surface area (Å²) < 4.78 is 11.1. The Morgan fingerprint density at radius 2 is 1.79 bits per heavy atom. The van der Waals surface area contributed by atoms with E-state index in [1.54, 1.807) is 12.3 Å². The lowest BCUT2D eigenvalue weighted by Gasteiger charge is -2.18. The fraction of sp³-hybridized carbons (Fsp3) is 0.310. The Bertz CT molecular complexity index is 1560. The molecule has 2 aromatic heterocycles. The van der Waals surface area contributed by atoms with Crippen LogP contribution in [-0.2, 0) is 26.6 Å². The van der Waals surface area contributed by atoms with E-state index in [0.29, 0.717) is 28.2 Å². The second-order valence-electron chi connectivity index (χ2n) is 9.31. The Hall–Kier alpha value is -4.05. The molecule has 3 N–H and O–H groups in total. The van der Waals surface area contributed by atoms with Crippen molar-refractivity contribution in [3.05, 3.63) is 81.4 Å². The predicted octanol–water partition coefficient (Wildman–Crippen LogP) is 4.10. The molecule has 4 aromatic rings. The van der Waals surface area contributed by atoms with Crippen molar-refractivity contribution in [1.82, 2.24) is 10.6 Å². The van der Waals surface area contributed by atoms with Crippen molar-refractivity contribution in [2.45, 2.75) is 44.9 Å². The molecule has 0 bridgehead atoms. The number of aliphatic carboxylic acids is 1. The SMILES string of the molecule is Cc1coc2cc3oc(=O)c(CCC(=O)N[C@@H](CSCc4ccccc4)C(=O)NCCC(=O)O)c(C)c3cc12. The lowest BCUT2D eigenvalue weighted by atomic mass is 10.0. The molecule has 10 heteroatoms. The van der Waals surface area contributed by atoms with Crippen molar-refractivity contribution in [2.24, 2.45) is 0 Å². The molecule has 0 aliphatic heterocycles. The highest BCUT2D eigenvalue weighted by Gasteiger charge is 2.22. The third-order valence-corrected chi connectivity index (χ3v) is 7.57. The minimum atomic E-state index is -1.03. The van der Waals surface area contributed by atoms with E-state index in [0.717, 1.165) is 27.5 Å². The number of aryl methyl sites for hydroxylation is 2. The topological polar surface area (TPSA) is 139 Å². The Balaban J connectivity index is 1.43. The standard InChI is InChI=1S/C29H30N2O7S/c1-17-14-37-24-13-25-22(12-21(17)24)18(2)20(29(36)38-25)8-9-26(32)31-23(28(35)30-11-10-27(33)34)16-39-15-19-6-4-3-5-7-19/h3-7,12-14,23H,8-11,15-16H2,1-2H3,(H,30,35)(H,31,32)(H,33,34)/t23-/m0/s1. The Kier molecular flexibility index (Phi) is 9.08. The van der Waals surface area contributed by atoms with Crippen LogP contribution in [0.5, 0.6) is 0 Å². The molecule has 0 aliphatic carbocycles. The number of carboxylic acids is 1. The lowest BCUT2D eigenvalue weighted by molar-refractivity contribution is -0.137. The maximum atomic E-state index is 12.9. The molecule has 0 saturated heterocycles. The average molecular weight is 551 g/mol. The maximum absolute atomic E-state index is 12.9. The normalized spacial score (nSPS) is 11.9. The third-order valence-electron chi connectivity index (χ3n) is 6.46. The van der Waals surface area contributed by atoms with E-state index in [4.69, 9.17) is 13.9 Å². The number of carboxylic acid groups (broad SMARTS) is 1. The van der Waals surface area contributed by atoms with Gasteiger partial charge in [0, 0.05) is 46.9 Å². The largest absolute Gasteiger partial charge is 0.481 e. The number of thioether (sulfide) groups is 1. The van der Waals surface area contributed by atoms with Crippen molar-refractivity contribution in [1.29, 1.82) is 0 Å². The van der Waals surface area contributed by atoms with Crippen LogP contribution in [0.15, 0.2) is 62.4 Å². The molecule has 0 fully saturated rings. The van der Waals surface area contributed by atoms with E-state index in [1.807, 2.05) is 50.2 Å². The fourth-order valence-corrected chi connectivity index (χ4v) is 5.32. The monoisotopic (exact) mass is 550 g/mol. The van der Waals surface area contributed by atoms with Crippen LogP contribution in [0.4, 0.5) is 0 Å². The van der Waals surface area contributed by atoms with E-state index in [9.17, 15) is 19.2 Å². The van der Waals surface area contributed by atoms with E-state index in [2.05, 4.69) is 10.6 Å². The molecule has 0 aliphatic rings. The van der Waals surface area contributed by atoms with E-state index >= 15 is 0 Å². The van der Waals surface area contributed by atoms with Gasteiger partial charge in [0.05, 0.1) is 12.7 Å². The summed E-state index contributed by atoms with van der Waals surface area (Å²) in [4.78, 5) is 49.2. The quantitative estimate of drug-likeness (QED) is 0.224. The van der Waals surface area contributed by atoms with Gasteiger partial charge in [-0.3, -0.25) is 14.4 Å². The summed E-state index contributed by atoms with van der Waals surface area (Å²) in [7, 11) is 0. The highest BCUT2D eigenvalue weighted by atomic mass is 32.2. The highest BCUT2D eigenvalue weighted by molar-refractivity contribution is 7.98. The van der Waals surface area contributed by atoms with E-state index in [-0.39, 0.29) is 25.8 Å². The van der Waals surface area contributed by atoms with Crippen molar-refractivity contribution < 1.29 is 28.3 Å². The number of hydrogen-bond acceptors (Lipinski definition) is 7. The van der Waals surface area contributed by atoms with Crippen molar-refractivity contribution in [3.63, 3.8) is 0 Å². The number of nitrogens with one attached hydrogen (secondary N) is 2. The van der Waals surface area contributed by atoms with Crippen LogP contribution < -0.4 is 16.3 Å². The minimum absolute atomic E-state index is 0.0215. The first-order valence-electron chi connectivity index (χ1n) is 12.6. The molecule has 1 atom stereocenters. The summed E-state index contributed by atoms with van der Waals surface area (Å²) in [6.45, 7) is 3.72. The zero-order chi connectivity index (χ0) is 27.9. The molecule has 0 spiro atoms. The van der Waals surface area contributed by atoms with Crippen LogP contribution >= 0.6 is 11.8 Å². The zero-order valence-corrected chi connectivity index (χ0v) is 22.6. The van der Waals surface area contributed by atoms with Crippen LogP contribution in [0.1, 0.15) is 35.1 Å². The van der Waals surface area contributed by atoms with Gasteiger partial charge in [0.1, 0.15) is 17.2 Å². The first-order chi connectivity index (χ1) is 18.7. The maximum Gasteiger partial charge on any atom is 0.339 e. The molecule has 39 heavy (non-hydrogen) atoms. The number of rotatable bonds is 12. The lowest BCUT2D eigenvalue weighted by Crippen LogP contribution is -2.48. The summed E-state index contributed by atoms with van der Waals surface area (Å²) in [5.41, 5.74) is 3.72. The summed E-state index contributed by atoms with van der Waals surface area (Å²) in [6.07, 6.45) is 1.55. The molecule has 4 rings (SSSR count). The van der Waals surface area contributed by atoms with E-state index < -0.39 is 29.5 Å². The molecule has 2 amide bonds. The van der Waals surface area contributed by atoms with Crippen LogP contribution in [0.25, 0.3) is 21.9 Å². The van der Waals surface area contributed by atoms with Crippen LogP contribution in [0, 0.1) is 13.8 Å². The first-order valence-corrected chi connectivity index (χ1v) is 13.7.